The Morgan fingerprint density at radius 2 is 1.79 bits per heavy atom. The van der Waals surface area contributed by atoms with Crippen molar-refractivity contribution < 1.29 is 0 Å². The minimum absolute atomic E-state index is 0.720. The van der Waals surface area contributed by atoms with Crippen LogP contribution in [0.4, 0.5) is 0 Å². The van der Waals surface area contributed by atoms with Crippen molar-refractivity contribution in [3.8, 4) is 0 Å². The summed E-state index contributed by atoms with van der Waals surface area (Å²) in [5.74, 6) is 0. The van der Waals surface area contributed by atoms with E-state index < -0.39 is 0 Å². The molecule has 2 aromatic carbocycles. The minimum atomic E-state index is 0.720. The van der Waals surface area contributed by atoms with Crippen molar-refractivity contribution in [1.29, 1.82) is 0 Å². The Balaban J connectivity index is 2.52. The molecule has 0 aromatic heterocycles. The fraction of sp³-hybridized carbons (Fsp3) is 0.231. The Labute approximate surface area is 84.5 Å². The van der Waals surface area contributed by atoms with Gasteiger partial charge in [0.25, 0.3) is 0 Å². The lowest BCUT2D eigenvalue weighted by Crippen LogP contribution is -2.02. The van der Waals surface area contributed by atoms with E-state index in [1.165, 1.54) is 21.9 Å². The van der Waals surface area contributed by atoms with E-state index in [-0.39, 0.29) is 0 Å². The molecule has 2 aromatic rings. The number of benzene rings is 2. The van der Waals surface area contributed by atoms with Gasteiger partial charge in [-0.1, -0.05) is 42.0 Å². The molecule has 2 rings (SSSR count). The molecular weight excluding hydrogens is 170 g/mol. The maximum atomic E-state index is 5.53. The van der Waals surface area contributed by atoms with Gasteiger partial charge in [-0.05, 0) is 36.2 Å². The first kappa shape index (κ1) is 9.22. The molecule has 0 amide bonds. The largest absolute Gasteiger partial charge is 0.330 e. The molecule has 0 heterocycles. The first-order valence-corrected chi connectivity index (χ1v) is 4.99. The highest BCUT2D eigenvalue weighted by Gasteiger charge is 1.96. The molecule has 0 fully saturated rings. The van der Waals surface area contributed by atoms with Crippen LogP contribution in [0.15, 0.2) is 36.4 Å². The predicted molar refractivity (Wildman–Crippen MR) is 61.4 cm³/mol. The number of nitrogens with two attached hydrogens (primary N) is 1. The third-order valence-corrected chi connectivity index (χ3v) is 2.49. The molecular formula is C13H15N. The Bertz CT molecular complexity index is 446. The molecule has 1 nitrogen and oxygen atoms in total. The summed E-state index contributed by atoms with van der Waals surface area (Å²) in [5.41, 5.74) is 8.17. The Kier molecular flexibility index (Phi) is 2.51. The Morgan fingerprint density at radius 1 is 1.00 bits per heavy atom. The molecule has 2 N–H and O–H groups in total. The van der Waals surface area contributed by atoms with E-state index in [0.717, 1.165) is 13.0 Å². The van der Waals surface area contributed by atoms with Gasteiger partial charge in [0.2, 0.25) is 0 Å². The predicted octanol–water partition coefficient (Wildman–Crippen LogP) is 2.65. The van der Waals surface area contributed by atoms with Crippen molar-refractivity contribution in [3.63, 3.8) is 0 Å². The molecule has 0 bridgehead atoms. The molecule has 0 radical (unpaired) electrons. The van der Waals surface area contributed by atoms with Crippen LogP contribution in [0.25, 0.3) is 10.8 Å². The topological polar surface area (TPSA) is 26.0 Å². The summed E-state index contributed by atoms with van der Waals surface area (Å²) in [6, 6.07) is 13.1. The van der Waals surface area contributed by atoms with Gasteiger partial charge in [-0.25, -0.2) is 0 Å². The van der Waals surface area contributed by atoms with Crippen molar-refractivity contribution >= 4 is 10.8 Å². The van der Waals surface area contributed by atoms with E-state index in [4.69, 9.17) is 5.73 Å². The van der Waals surface area contributed by atoms with Gasteiger partial charge in [0.05, 0.1) is 0 Å². The monoisotopic (exact) mass is 185 g/mol. The summed E-state index contributed by atoms with van der Waals surface area (Å²) in [6.07, 6.45) is 0.962. The first-order valence-electron chi connectivity index (χ1n) is 4.99. The van der Waals surface area contributed by atoms with Crippen LogP contribution in [-0.4, -0.2) is 6.54 Å². The van der Waals surface area contributed by atoms with Gasteiger partial charge in [-0.15, -0.1) is 0 Å². The molecule has 1 heteroatoms. The smallest absolute Gasteiger partial charge is 0.00367 e. The summed E-state index contributed by atoms with van der Waals surface area (Å²) in [6.45, 7) is 2.84. The number of rotatable bonds is 2. The number of fused-ring (bicyclic) bond motifs is 1. The highest BCUT2D eigenvalue weighted by molar-refractivity contribution is 5.83. The van der Waals surface area contributed by atoms with Crippen molar-refractivity contribution in [1.82, 2.24) is 0 Å². The zero-order valence-corrected chi connectivity index (χ0v) is 8.46. The molecule has 14 heavy (non-hydrogen) atoms. The highest BCUT2D eigenvalue weighted by atomic mass is 14.5. The van der Waals surface area contributed by atoms with Gasteiger partial charge in [0.1, 0.15) is 0 Å². The molecule has 0 atom stereocenters. The molecule has 0 aliphatic heterocycles. The molecule has 0 spiro atoms. The molecule has 0 unspecified atom stereocenters. The second-order valence-corrected chi connectivity index (χ2v) is 3.72. The van der Waals surface area contributed by atoms with Crippen LogP contribution in [0.5, 0.6) is 0 Å². The molecule has 0 saturated carbocycles. The lowest BCUT2D eigenvalue weighted by molar-refractivity contribution is 0.971. The van der Waals surface area contributed by atoms with Crippen LogP contribution in [-0.2, 0) is 6.42 Å². The molecule has 0 aliphatic carbocycles. The Morgan fingerprint density at radius 3 is 2.57 bits per heavy atom. The third kappa shape index (κ3) is 1.78. The van der Waals surface area contributed by atoms with E-state index in [1.807, 2.05) is 0 Å². The second-order valence-electron chi connectivity index (χ2n) is 3.72. The minimum Gasteiger partial charge on any atom is -0.330 e. The summed E-state index contributed by atoms with van der Waals surface area (Å²) in [7, 11) is 0. The van der Waals surface area contributed by atoms with Crippen LogP contribution in [0.2, 0.25) is 0 Å². The van der Waals surface area contributed by atoms with Crippen LogP contribution in [0, 0.1) is 6.92 Å². The number of hydrogen-bond acceptors (Lipinski definition) is 1. The van der Waals surface area contributed by atoms with Gasteiger partial charge in [-0.3, -0.25) is 0 Å². The zero-order valence-electron chi connectivity index (χ0n) is 8.46. The van der Waals surface area contributed by atoms with Gasteiger partial charge < -0.3 is 5.73 Å². The SMILES string of the molecule is Cc1ccc2ccc(CCN)cc2c1. The number of aryl methyl sites for hydroxylation is 1. The Hall–Kier alpha value is -1.34. The first-order chi connectivity index (χ1) is 6.79. The van der Waals surface area contributed by atoms with Crippen LogP contribution < -0.4 is 5.73 Å². The van der Waals surface area contributed by atoms with Gasteiger partial charge in [0, 0.05) is 0 Å². The summed E-state index contributed by atoms with van der Waals surface area (Å²) >= 11 is 0. The maximum Gasteiger partial charge on any atom is -0.00367 e. The average molecular weight is 185 g/mol. The van der Waals surface area contributed by atoms with Crippen LogP contribution >= 0.6 is 0 Å². The molecule has 0 aliphatic rings. The second kappa shape index (κ2) is 3.81. The standard InChI is InChI=1S/C13H15N/c1-10-2-4-12-5-3-11(6-7-14)9-13(12)8-10/h2-5,8-9H,6-7,14H2,1H3. The van der Waals surface area contributed by atoms with E-state index >= 15 is 0 Å². The lowest BCUT2D eigenvalue weighted by atomic mass is 10.0. The van der Waals surface area contributed by atoms with E-state index in [1.54, 1.807) is 0 Å². The molecule has 72 valence electrons. The van der Waals surface area contributed by atoms with Crippen molar-refractivity contribution in [2.75, 3.05) is 6.54 Å². The summed E-state index contributed by atoms with van der Waals surface area (Å²) < 4.78 is 0. The van der Waals surface area contributed by atoms with E-state index in [0.29, 0.717) is 0 Å². The van der Waals surface area contributed by atoms with Crippen molar-refractivity contribution in [3.05, 3.63) is 47.5 Å². The van der Waals surface area contributed by atoms with E-state index in [9.17, 15) is 0 Å². The van der Waals surface area contributed by atoms with Crippen LogP contribution in [0.1, 0.15) is 11.1 Å². The fourth-order valence-electron chi connectivity index (χ4n) is 1.74. The summed E-state index contributed by atoms with van der Waals surface area (Å²) in [4.78, 5) is 0. The lowest BCUT2D eigenvalue weighted by Gasteiger charge is -2.03. The van der Waals surface area contributed by atoms with Gasteiger partial charge in [0.15, 0.2) is 0 Å². The highest BCUT2D eigenvalue weighted by Crippen LogP contribution is 2.17. The van der Waals surface area contributed by atoms with Crippen molar-refractivity contribution in [2.24, 2.45) is 5.73 Å². The fourth-order valence-corrected chi connectivity index (χ4v) is 1.74. The average Bonchev–Trinajstić information content (AvgIpc) is 2.17. The third-order valence-electron chi connectivity index (χ3n) is 2.49. The quantitative estimate of drug-likeness (QED) is 0.764. The number of hydrogen-bond donors (Lipinski definition) is 1. The van der Waals surface area contributed by atoms with Crippen LogP contribution in [0.3, 0.4) is 0 Å². The molecule has 0 saturated heterocycles. The summed E-state index contributed by atoms with van der Waals surface area (Å²) in [5, 5.41) is 2.62. The van der Waals surface area contributed by atoms with Crippen molar-refractivity contribution in [2.45, 2.75) is 13.3 Å². The maximum absolute atomic E-state index is 5.53. The van der Waals surface area contributed by atoms with E-state index in [2.05, 4.69) is 43.3 Å². The van der Waals surface area contributed by atoms with Gasteiger partial charge >= 0.3 is 0 Å². The van der Waals surface area contributed by atoms with Gasteiger partial charge in [-0.2, -0.15) is 0 Å². The normalized spacial score (nSPS) is 10.7. The zero-order chi connectivity index (χ0) is 9.97.